The topological polar surface area (TPSA) is 72.3 Å². The van der Waals surface area contributed by atoms with E-state index in [1.165, 1.54) is 0 Å². The summed E-state index contributed by atoms with van der Waals surface area (Å²) in [6.45, 7) is 3.39. The van der Waals surface area contributed by atoms with Gasteiger partial charge in [0.1, 0.15) is 12.2 Å². The third-order valence-corrected chi connectivity index (χ3v) is 3.61. The van der Waals surface area contributed by atoms with Crippen molar-refractivity contribution in [3.63, 3.8) is 0 Å². The largest absolute Gasteiger partial charge is 0.383 e. The van der Waals surface area contributed by atoms with Crippen molar-refractivity contribution in [1.82, 2.24) is 25.0 Å². The molecule has 0 bridgehead atoms. The quantitative estimate of drug-likeness (QED) is 0.729. The molecule has 1 amide bonds. The van der Waals surface area contributed by atoms with Gasteiger partial charge in [0.25, 0.3) is 0 Å². The van der Waals surface area contributed by atoms with Gasteiger partial charge in [0.15, 0.2) is 0 Å². The molecule has 20 heavy (non-hydrogen) atoms. The highest BCUT2D eigenvalue weighted by molar-refractivity contribution is 5.78. The zero-order chi connectivity index (χ0) is 14.4. The zero-order valence-corrected chi connectivity index (χ0v) is 12.2. The minimum absolute atomic E-state index is 0.0562. The number of carbonyl (C=O) groups is 1. The van der Waals surface area contributed by atoms with E-state index in [-0.39, 0.29) is 5.91 Å². The van der Waals surface area contributed by atoms with Crippen LogP contribution in [0.3, 0.4) is 0 Å². The number of methoxy groups -OCH3 is 1. The molecule has 112 valence electrons. The molecule has 1 N–H and O–H groups in total. The molecule has 2 rings (SSSR count). The highest BCUT2D eigenvalue weighted by Gasteiger charge is 2.25. The van der Waals surface area contributed by atoms with E-state index in [2.05, 4.69) is 20.4 Å². The summed E-state index contributed by atoms with van der Waals surface area (Å²) in [5, 5.41) is 11.0. The SMILES string of the molecule is COCCNC(=O)CN1CCCC(c2nncn2C)C1. The van der Waals surface area contributed by atoms with Crippen molar-refractivity contribution in [2.24, 2.45) is 7.05 Å². The van der Waals surface area contributed by atoms with Gasteiger partial charge in [0, 0.05) is 33.2 Å². The number of aryl methyl sites for hydroxylation is 1. The molecule has 1 aromatic heterocycles. The number of likely N-dealkylation sites (tertiary alicyclic amines) is 1. The van der Waals surface area contributed by atoms with Crippen LogP contribution in [0, 0.1) is 0 Å². The Bertz CT molecular complexity index is 434. The molecular formula is C13H23N5O2. The maximum atomic E-state index is 11.8. The predicted molar refractivity (Wildman–Crippen MR) is 74.3 cm³/mol. The number of amides is 1. The third-order valence-electron chi connectivity index (χ3n) is 3.61. The Labute approximate surface area is 119 Å². The second-order valence-electron chi connectivity index (χ2n) is 5.22. The van der Waals surface area contributed by atoms with Crippen molar-refractivity contribution in [2.45, 2.75) is 18.8 Å². The maximum absolute atomic E-state index is 11.8. The van der Waals surface area contributed by atoms with Gasteiger partial charge in [0.05, 0.1) is 13.2 Å². The van der Waals surface area contributed by atoms with Crippen molar-refractivity contribution >= 4 is 5.91 Å². The Morgan fingerprint density at radius 3 is 3.15 bits per heavy atom. The van der Waals surface area contributed by atoms with Crippen LogP contribution >= 0.6 is 0 Å². The van der Waals surface area contributed by atoms with Crippen LogP contribution in [0.4, 0.5) is 0 Å². The molecular weight excluding hydrogens is 258 g/mol. The van der Waals surface area contributed by atoms with E-state index < -0.39 is 0 Å². The number of rotatable bonds is 6. The van der Waals surface area contributed by atoms with E-state index in [4.69, 9.17) is 4.74 Å². The van der Waals surface area contributed by atoms with Crippen molar-refractivity contribution < 1.29 is 9.53 Å². The first-order valence-electron chi connectivity index (χ1n) is 7.02. The number of nitrogens with one attached hydrogen (secondary N) is 1. The Balaban J connectivity index is 1.81. The molecule has 0 aliphatic carbocycles. The van der Waals surface area contributed by atoms with Gasteiger partial charge in [-0.3, -0.25) is 9.69 Å². The van der Waals surface area contributed by atoms with Crippen LogP contribution in [0.15, 0.2) is 6.33 Å². The van der Waals surface area contributed by atoms with Crippen molar-refractivity contribution in [1.29, 1.82) is 0 Å². The molecule has 0 saturated carbocycles. The van der Waals surface area contributed by atoms with Gasteiger partial charge < -0.3 is 14.6 Å². The van der Waals surface area contributed by atoms with E-state index in [0.29, 0.717) is 25.6 Å². The first kappa shape index (κ1) is 14.9. The normalized spacial score (nSPS) is 20.0. The van der Waals surface area contributed by atoms with Crippen LogP contribution in [0.5, 0.6) is 0 Å². The fraction of sp³-hybridized carbons (Fsp3) is 0.769. The summed E-state index contributed by atoms with van der Waals surface area (Å²) in [5.74, 6) is 1.43. The molecule has 1 aliphatic heterocycles. The van der Waals surface area contributed by atoms with Crippen LogP contribution in [0.1, 0.15) is 24.6 Å². The Morgan fingerprint density at radius 2 is 2.45 bits per heavy atom. The number of hydrogen-bond donors (Lipinski definition) is 1. The number of hydrogen-bond acceptors (Lipinski definition) is 5. The number of aromatic nitrogens is 3. The zero-order valence-electron chi connectivity index (χ0n) is 12.2. The molecule has 2 heterocycles. The summed E-state index contributed by atoms with van der Waals surface area (Å²) in [7, 11) is 3.59. The monoisotopic (exact) mass is 281 g/mol. The molecule has 0 spiro atoms. The standard InChI is InChI=1S/C13H23N5O2/c1-17-10-15-16-13(17)11-4-3-6-18(8-11)9-12(19)14-5-7-20-2/h10-11H,3-9H2,1-2H3,(H,14,19). The Hall–Kier alpha value is -1.47. The van der Waals surface area contributed by atoms with Gasteiger partial charge in [-0.1, -0.05) is 0 Å². The van der Waals surface area contributed by atoms with E-state index in [1.54, 1.807) is 13.4 Å². The number of ether oxygens (including phenoxy) is 1. The van der Waals surface area contributed by atoms with Gasteiger partial charge in [-0.25, -0.2) is 0 Å². The number of carbonyl (C=O) groups excluding carboxylic acids is 1. The van der Waals surface area contributed by atoms with E-state index >= 15 is 0 Å². The van der Waals surface area contributed by atoms with E-state index in [0.717, 1.165) is 31.8 Å². The fourth-order valence-corrected chi connectivity index (χ4v) is 2.62. The number of nitrogens with zero attached hydrogens (tertiary/aromatic N) is 4. The van der Waals surface area contributed by atoms with Crippen LogP contribution in [0.25, 0.3) is 0 Å². The average Bonchev–Trinajstić information content (AvgIpc) is 2.85. The highest BCUT2D eigenvalue weighted by atomic mass is 16.5. The first-order chi connectivity index (χ1) is 9.70. The lowest BCUT2D eigenvalue weighted by atomic mass is 9.97. The minimum atomic E-state index is 0.0562. The molecule has 0 aromatic carbocycles. The van der Waals surface area contributed by atoms with E-state index in [1.807, 2.05) is 11.6 Å². The molecule has 0 radical (unpaired) electrons. The van der Waals surface area contributed by atoms with Crippen molar-refractivity contribution in [2.75, 3.05) is 39.9 Å². The molecule has 1 saturated heterocycles. The first-order valence-corrected chi connectivity index (χ1v) is 7.02. The lowest BCUT2D eigenvalue weighted by Crippen LogP contribution is -2.43. The molecule has 1 aliphatic rings. The second-order valence-corrected chi connectivity index (χ2v) is 5.22. The molecule has 1 fully saturated rings. The van der Waals surface area contributed by atoms with Gasteiger partial charge >= 0.3 is 0 Å². The summed E-state index contributed by atoms with van der Waals surface area (Å²) >= 11 is 0. The summed E-state index contributed by atoms with van der Waals surface area (Å²) in [4.78, 5) is 14.0. The summed E-state index contributed by atoms with van der Waals surface area (Å²) in [6.07, 6.45) is 3.92. The Morgan fingerprint density at radius 1 is 1.60 bits per heavy atom. The van der Waals surface area contributed by atoms with Gasteiger partial charge in [-0.2, -0.15) is 0 Å². The molecule has 1 unspecified atom stereocenters. The van der Waals surface area contributed by atoms with Gasteiger partial charge in [-0.05, 0) is 19.4 Å². The second kappa shape index (κ2) is 7.35. The molecule has 1 aromatic rings. The Kier molecular flexibility index (Phi) is 5.49. The summed E-state index contributed by atoms with van der Waals surface area (Å²) in [6, 6.07) is 0. The molecule has 7 heteroatoms. The van der Waals surface area contributed by atoms with Gasteiger partial charge in [0.2, 0.25) is 5.91 Å². The lowest BCUT2D eigenvalue weighted by molar-refractivity contribution is -0.122. The summed E-state index contributed by atoms with van der Waals surface area (Å²) in [5.41, 5.74) is 0. The van der Waals surface area contributed by atoms with Crippen LogP contribution in [0.2, 0.25) is 0 Å². The van der Waals surface area contributed by atoms with Crippen LogP contribution in [-0.2, 0) is 16.6 Å². The molecule has 7 nitrogen and oxygen atoms in total. The van der Waals surface area contributed by atoms with Crippen LogP contribution < -0.4 is 5.32 Å². The van der Waals surface area contributed by atoms with Crippen LogP contribution in [-0.4, -0.2) is 65.5 Å². The third kappa shape index (κ3) is 4.01. The smallest absolute Gasteiger partial charge is 0.234 e. The predicted octanol–water partition coefficient (Wildman–Crippen LogP) is -0.243. The van der Waals surface area contributed by atoms with E-state index in [9.17, 15) is 4.79 Å². The molecule has 1 atom stereocenters. The highest BCUT2D eigenvalue weighted by Crippen LogP contribution is 2.24. The summed E-state index contributed by atoms with van der Waals surface area (Å²) < 4.78 is 6.88. The fourth-order valence-electron chi connectivity index (χ4n) is 2.62. The van der Waals surface area contributed by atoms with Crippen molar-refractivity contribution in [3.8, 4) is 0 Å². The van der Waals surface area contributed by atoms with Gasteiger partial charge in [-0.15, -0.1) is 10.2 Å². The number of piperidine rings is 1. The minimum Gasteiger partial charge on any atom is -0.383 e. The lowest BCUT2D eigenvalue weighted by Gasteiger charge is -2.31. The van der Waals surface area contributed by atoms with Crippen molar-refractivity contribution in [3.05, 3.63) is 12.2 Å². The average molecular weight is 281 g/mol. The maximum Gasteiger partial charge on any atom is 0.234 e.